The molecule has 0 radical (unpaired) electrons. The molecule has 1 aliphatic heterocycles. The van der Waals surface area contributed by atoms with Crippen molar-refractivity contribution in [1.82, 2.24) is 0 Å². The molecule has 0 bridgehead atoms. The Kier molecular flexibility index (Phi) is 3.97. The molecule has 1 unspecified atom stereocenters. The fourth-order valence-corrected chi connectivity index (χ4v) is 3.14. The maximum Gasteiger partial charge on any atom is 0.140 e. The van der Waals surface area contributed by atoms with Gasteiger partial charge in [-0.1, -0.05) is 6.07 Å². The van der Waals surface area contributed by atoms with Gasteiger partial charge in [-0.05, 0) is 87.1 Å². The average Bonchev–Trinajstić information content (AvgIpc) is 2.52. The Labute approximate surface area is 138 Å². The van der Waals surface area contributed by atoms with Crippen LogP contribution in [-0.2, 0) is 6.42 Å². The van der Waals surface area contributed by atoms with Crippen molar-refractivity contribution in [2.75, 3.05) is 12.3 Å². The van der Waals surface area contributed by atoms with Crippen LogP contribution in [0.5, 0.6) is 11.5 Å². The normalized spacial score (nSPS) is 19.8. The molecule has 23 heavy (non-hydrogen) atoms. The van der Waals surface area contributed by atoms with Gasteiger partial charge >= 0.3 is 0 Å². The van der Waals surface area contributed by atoms with E-state index in [1.165, 1.54) is 22.3 Å². The zero-order valence-electron chi connectivity index (χ0n) is 14.4. The van der Waals surface area contributed by atoms with E-state index in [4.69, 9.17) is 15.2 Å². The highest BCUT2D eigenvalue weighted by Crippen LogP contribution is 2.39. The molecule has 122 valence electrons. The Bertz CT molecular complexity index is 721. The number of anilines is 1. The van der Waals surface area contributed by atoms with E-state index in [1.807, 2.05) is 24.3 Å². The first kappa shape index (κ1) is 15.7. The van der Waals surface area contributed by atoms with Crippen molar-refractivity contribution < 1.29 is 9.47 Å². The summed E-state index contributed by atoms with van der Waals surface area (Å²) < 4.78 is 12.3. The monoisotopic (exact) mass is 311 g/mol. The molecule has 3 heteroatoms. The minimum Gasteiger partial charge on any atom is -0.489 e. The van der Waals surface area contributed by atoms with Crippen molar-refractivity contribution in [2.24, 2.45) is 0 Å². The maximum atomic E-state index is 6.41. The third-order valence-corrected chi connectivity index (χ3v) is 4.79. The van der Waals surface area contributed by atoms with Crippen molar-refractivity contribution in [3.05, 3.63) is 52.6 Å². The van der Waals surface area contributed by atoms with Crippen LogP contribution in [0.15, 0.2) is 30.3 Å². The topological polar surface area (TPSA) is 44.5 Å². The van der Waals surface area contributed by atoms with Crippen LogP contribution in [0, 0.1) is 20.8 Å². The molecule has 2 N–H and O–H groups in total. The van der Waals surface area contributed by atoms with Crippen LogP contribution in [0.2, 0.25) is 0 Å². The van der Waals surface area contributed by atoms with Crippen molar-refractivity contribution >= 4 is 5.69 Å². The quantitative estimate of drug-likeness (QED) is 0.857. The van der Waals surface area contributed by atoms with Gasteiger partial charge in [0, 0.05) is 5.69 Å². The number of nitrogens with two attached hydrogens (primary N) is 1. The molecular formula is C20H25NO2. The van der Waals surface area contributed by atoms with E-state index in [2.05, 4.69) is 33.8 Å². The largest absolute Gasteiger partial charge is 0.489 e. The average molecular weight is 311 g/mol. The molecule has 1 aliphatic rings. The van der Waals surface area contributed by atoms with Crippen molar-refractivity contribution in [3.8, 4) is 11.5 Å². The predicted octanol–water partition coefficient (Wildman–Crippen LogP) is 4.36. The van der Waals surface area contributed by atoms with Crippen LogP contribution < -0.4 is 15.2 Å². The Morgan fingerprint density at radius 1 is 1.13 bits per heavy atom. The van der Waals surface area contributed by atoms with E-state index < -0.39 is 0 Å². The zero-order valence-corrected chi connectivity index (χ0v) is 14.4. The second-order valence-electron chi connectivity index (χ2n) is 6.85. The lowest BCUT2D eigenvalue weighted by atomic mass is 9.88. The van der Waals surface area contributed by atoms with Crippen LogP contribution in [0.25, 0.3) is 0 Å². The van der Waals surface area contributed by atoms with E-state index >= 15 is 0 Å². The standard InChI is InChI=1S/C20H25NO2/c1-13-11-14(2)18-9-10-20(4,23-19(18)15(13)3)12-22-17-7-5-16(21)6-8-17/h5-8,11H,9-10,12,21H2,1-4H3. The van der Waals surface area contributed by atoms with Crippen LogP contribution >= 0.6 is 0 Å². The van der Waals surface area contributed by atoms with Crippen LogP contribution in [0.3, 0.4) is 0 Å². The van der Waals surface area contributed by atoms with Crippen LogP contribution in [0.1, 0.15) is 35.6 Å². The molecular weight excluding hydrogens is 286 g/mol. The van der Waals surface area contributed by atoms with Crippen molar-refractivity contribution in [1.29, 1.82) is 0 Å². The zero-order chi connectivity index (χ0) is 16.6. The number of ether oxygens (including phenoxy) is 2. The lowest BCUT2D eigenvalue weighted by Crippen LogP contribution is -2.42. The molecule has 2 aromatic carbocycles. The molecule has 0 aliphatic carbocycles. The first-order valence-corrected chi connectivity index (χ1v) is 8.15. The molecule has 0 aromatic heterocycles. The number of aryl methyl sites for hydroxylation is 2. The number of benzene rings is 2. The van der Waals surface area contributed by atoms with Gasteiger partial charge in [-0.25, -0.2) is 0 Å². The number of hydrogen-bond donors (Lipinski definition) is 1. The first-order valence-electron chi connectivity index (χ1n) is 8.15. The van der Waals surface area contributed by atoms with Gasteiger partial charge in [0.1, 0.15) is 23.7 Å². The highest BCUT2D eigenvalue weighted by molar-refractivity contribution is 5.51. The molecule has 0 saturated carbocycles. The molecule has 1 atom stereocenters. The minimum absolute atomic E-state index is 0.306. The fourth-order valence-electron chi connectivity index (χ4n) is 3.14. The summed E-state index contributed by atoms with van der Waals surface area (Å²) in [5.41, 5.74) is 11.3. The summed E-state index contributed by atoms with van der Waals surface area (Å²) in [4.78, 5) is 0. The third kappa shape index (κ3) is 3.14. The van der Waals surface area contributed by atoms with Crippen molar-refractivity contribution in [3.63, 3.8) is 0 Å². The summed E-state index contributed by atoms with van der Waals surface area (Å²) >= 11 is 0. The lowest BCUT2D eigenvalue weighted by Gasteiger charge is -2.37. The summed E-state index contributed by atoms with van der Waals surface area (Å²) in [7, 11) is 0. The summed E-state index contributed by atoms with van der Waals surface area (Å²) in [6, 6.07) is 9.76. The van der Waals surface area contributed by atoms with Crippen molar-refractivity contribution in [2.45, 2.75) is 46.1 Å². The van der Waals surface area contributed by atoms with E-state index in [1.54, 1.807) is 0 Å². The second-order valence-corrected chi connectivity index (χ2v) is 6.85. The van der Waals surface area contributed by atoms with E-state index in [0.29, 0.717) is 6.61 Å². The first-order chi connectivity index (χ1) is 10.9. The number of hydrogen-bond acceptors (Lipinski definition) is 3. The van der Waals surface area contributed by atoms with Gasteiger partial charge in [0.05, 0.1) is 0 Å². The summed E-state index contributed by atoms with van der Waals surface area (Å²) in [5.74, 6) is 1.88. The Balaban J connectivity index is 1.78. The SMILES string of the molecule is Cc1cc(C)c2c(c1C)OC(C)(COc1ccc(N)cc1)CC2. The maximum absolute atomic E-state index is 6.41. The van der Waals surface area contributed by atoms with E-state index in [-0.39, 0.29) is 5.60 Å². The lowest BCUT2D eigenvalue weighted by molar-refractivity contribution is 0.0168. The fraction of sp³-hybridized carbons (Fsp3) is 0.400. The summed E-state index contributed by atoms with van der Waals surface area (Å²) in [5, 5.41) is 0. The van der Waals surface area contributed by atoms with Gasteiger partial charge in [0.25, 0.3) is 0 Å². The second kappa shape index (κ2) is 5.80. The number of nitrogen functional groups attached to an aromatic ring is 1. The van der Waals surface area contributed by atoms with E-state index in [9.17, 15) is 0 Å². The molecule has 3 rings (SSSR count). The predicted molar refractivity (Wildman–Crippen MR) is 94.4 cm³/mol. The summed E-state index contributed by atoms with van der Waals surface area (Å²) in [6.07, 6.45) is 1.99. The van der Waals surface area contributed by atoms with E-state index in [0.717, 1.165) is 30.0 Å². The molecule has 0 spiro atoms. The van der Waals surface area contributed by atoms with Gasteiger partial charge in [0.15, 0.2) is 0 Å². The number of rotatable bonds is 3. The summed E-state index contributed by atoms with van der Waals surface area (Å²) in [6.45, 7) is 9.11. The third-order valence-electron chi connectivity index (χ3n) is 4.79. The molecule has 0 fully saturated rings. The molecule has 0 saturated heterocycles. The molecule has 0 amide bonds. The van der Waals surface area contributed by atoms with Crippen LogP contribution in [0.4, 0.5) is 5.69 Å². The van der Waals surface area contributed by atoms with Gasteiger partial charge in [-0.15, -0.1) is 0 Å². The molecule has 1 heterocycles. The minimum atomic E-state index is -0.306. The highest BCUT2D eigenvalue weighted by Gasteiger charge is 2.34. The van der Waals surface area contributed by atoms with Gasteiger partial charge in [-0.2, -0.15) is 0 Å². The Hall–Kier alpha value is -2.16. The van der Waals surface area contributed by atoms with Gasteiger partial charge in [0.2, 0.25) is 0 Å². The van der Waals surface area contributed by atoms with Gasteiger partial charge < -0.3 is 15.2 Å². The molecule has 2 aromatic rings. The smallest absolute Gasteiger partial charge is 0.140 e. The van der Waals surface area contributed by atoms with Crippen LogP contribution in [-0.4, -0.2) is 12.2 Å². The highest BCUT2D eigenvalue weighted by atomic mass is 16.5. The number of fused-ring (bicyclic) bond motifs is 1. The molecule has 3 nitrogen and oxygen atoms in total. The van der Waals surface area contributed by atoms with Gasteiger partial charge in [-0.3, -0.25) is 0 Å². The Morgan fingerprint density at radius 3 is 2.52 bits per heavy atom. The Morgan fingerprint density at radius 2 is 1.83 bits per heavy atom.